The number of ether oxygens (including phenoxy) is 1. The Morgan fingerprint density at radius 3 is 2.56 bits per heavy atom. The van der Waals surface area contributed by atoms with Crippen LogP contribution in [0.15, 0.2) is 12.1 Å². The summed E-state index contributed by atoms with van der Waals surface area (Å²) in [5.41, 5.74) is 0.473. The molecule has 0 unspecified atom stereocenters. The zero-order chi connectivity index (χ0) is 12.1. The van der Waals surface area contributed by atoms with E-state index in [4.69, 9.17) is 27.9 Å². The number of halogens is 2. The quantitative estimate of drug-likeness (QED) is 0.735. The van der Waals surface area contributed by atoms with Gasteiger partial charge in [-0.3, -0.25) is 4.79 Å². The van der Waals surface area contributed by atoms with Crippen LogP contribution in [0, 0.1) is 0 Å². The molecule has 2 nitrogen and oxygen atoms in total. The normalized spacial score (nSPS) is 10.2. The zero-order valence-corrected chi connectivity index (χ0v) is 10.9. The summed E-state index contributed by atoms with van der Waals surface area (Å²) in [4.78, 5) is 11.8. The highest BCUT2D eigenvalue weighted by atomic mass is 35.5. The number of hydrogen-bond donors (Lipinski definition) is 0. The third-order valence-electron chi connectivity index (χ3n) is 2.07. The Morgan fingerprint density at radius 2 is 2.00 bits per heavy atom. The molecule has 0 spiro atoms. The van der Waals surface area contributed by atoms with Gasteiger partial charge in [-0.15, -0.1) is 0 Å². The second kappa shape index (κ2) is 6.12. The van der Waals surface area contributed by atoms with Gasteiger partial charge in [0.15, 0.2) is 5.78 Å². The van der Waals surface area contributed by atoms with Crippen LogP contribution in [0.2, 0.25) is 10.0 Å². The summed E-state index contributed by atoms with van der Waals surface area (Å²) < 4.78 is 5.38. The van der Waals surface area contributed by atoms with Gasteiger partial charge in [0.2, 0.25) is 0 Å². The van der Waals surface area contributed by atoms with Crippen molar-refractivity contribution in [1.82, 2.24) is 0 Å². The number of rotatable bonds is 5. The summed E-state index contributed by atoms with van der Waals surface area (Å²) >= 11 is 11.9. The third-order valence-corrected chi connectivity index (χ3v) is 2.57. The molecule has 0 bridgehead atoms. The van der Waals surface area contributed by atoms with Crippen LogP contribution in [0.1, 0.15) is 37.0 Å². The van der Waals surface area contributed by atoms with E-state index in [1.165, 1.54) is 0 Å². The molecule has 0 fully saturated rings. The molecule has 0 aliphatic heterocycles. The van der Waals surface area contributed by atoms with Crippen molar-refractivity contribution in [3.05, 3.63) is 27.7 Å². The van der Waals surface area contributed by atoms with E-state index in [-0.39, 0.29) is 5.78 Å². The van der Waals surface area contributed by atoms with E-state index in [0.717, 1.165) is 6.42 Å². The number of hydrogen-bond acceptors (Lipinski definition) is 2. The first-order chi connectivity index (χ1) is 7.60. The maximum atomic E-state index is 11.8. The van der Waals surface area contributed by atoms with Crippen molar-refractivity contribution >= 4 is 29.0 Å². The van der Waals surface area contributed by atoms with Gasteiger partial charge in [0.1, 0.15) is 5.75 Å². The first-order valence-corrected chi connectivity index (χ1v) is 6.00. The van der Waals surface area contributed by atoms with Crippen LogP contribution < -0.4 is 4.74 Å². The van der Waals surface area contributed by atoms with Crippen LogP contribution >= 0.6 is 23.2 Å². The fourth-order valence-corrected chi connectivity index (χ4v) is 1.97. The number of benzene rings is 1. The topological polar surface area (TPSA) is 26.3 Å². The molecule has 0 N–H and O–H groups in total. The predicted octanol–water partition coefficient (Wildman–Crippen LogP) is 4.37. The molecule has 1 rings (SSSR count). The smallest absolute Gasteiger partial charge is 0.166 e. The number of Topliss-reactive ketones (excluding diaryl/α,β-unsaturated/α-hetero) is 1. The first kappa shape index (κ1) is 13.3. The molecule has 4 heteroatoms. The zero-order valence-electron chi connectivity index (χ0n) is 9.35. The van der Waals surface area contributed by atoms with Crippen molar-refractivity contribution < 1.29 is 9.53 Å². The van der Waals surface area contributed by atoms with Crippen LogP contribution in [0.5, 0.6) is 5.75 Å². The lowest BCUT2D eigenvalue weighted by Gasteiger charge is -2.11. The second-order valence-corrected chi connectivity index (χ2v) is 4.21. The molecule has 0 aromatic heterocycles. The van der Waals surface area contributed by atoms with E-state index in [1.54, 1.807) is 12.1 Å². The van der Waals surface area contributed by atoms with Crippen LogP contribution in [0.25, 0.3) is 0 Å². The van der Waals surface area contributed by atoms with Gasteiger partial charge in [0.05, 0.1) is 17.2 Å². The van der Waals surface area contributed by atoms with Crippen LogP contribution in [0.4, 0.5) is 0 Å². The Hall–Kier alpha value is -0.730. The Balaban J connectivity index is 3.17. The Kier molecular flexibility index (Phi) is 5.10. The molecule has 0 saturated heterocycles. The molecule has 1 aromatic rings. The lowest BCUT2D eigenvalue weighted by molar-refractivity contribution is 0.0978. The summed E-state index contributed by atoms with van der Waals surface area (Å²) in [6.07, 6.45) is 1.26. The lowest BCUT2D eigenvalue weighted by atomic mass is 10.1. The number of carbonyl (C=O) groups is 1. The van der Waals surface area contributed by atoms with Gasteiger partial charge in [-0.2, -0.15) is 0 Å². The van der Waals surface area contributed by atoms with Crippen molar-refractivity contribution in [2.24, 2.45) is 0 Å². The van der Waals surface area contributed by atoms with Gasteiger partial charge in [-0.1, -0.05) is 30.1 Å². The summed E-state index contributed by atoms with van der Waals surface area (Å²) in [6.45, 7) is 4.26. The Labute approximate surface area is 106 Å². The van der Waals surface area contributed by atoms with Gasteiger partial charge < -0.3 is 4.74 Å². The maximum Gasteiger partial charge on any atom is 0.166 e. The van der Waals surface area contributed by atoms with E-state index in [1.807, 2.05) is 13.8 Å². The summed E-state index contributed by atoms with van der Waals surface area (Å²) in [5.74, 6) is 0.447. The van der Waals surface area contributed by atoms with E-state index in [9.17, 15) is 4.79 Å². The van der Waals surface area contributed by atoms with Crippen molar-refractivity contribution in [3.8, 4) is 5.75 Å². The summed E-state index contributed by atoms with van der Waals surface area (Å²) in [7, 11) is 0. The molecular weight excluding hydrogens is 247 g/mol. The van der Waals surface area contributed by atoms with Gasteiger partial charge in [-0.05, 0) is 25.5 Å². The standard InChI is InChI=1S/C12H14Cl2O2/c1-3-5-11(15)9-6-8(13)7-10(14)12(9)16-4-2/h6-7H,3-5H2,1-2H3. The monoisotopic (exact) mass is 260 g/mol. The second-order valence-electron chi connectivity index (χ2n) is 3.37. The Morgan fingerprint density at radius 1 is 1.31 bits per heavy atom. The molecule has 0 radical (unpaired) electrons. The van der Waals surface area contributed by atoms with Gasteiger partial charge >= 0.3 is 0 Å². The minimum absolute atomic E-state index is 0.00958. The SMILES string of the molecule is CCCC(=O)c1cc(Cl)cc(Cl)c1OCC. The van der Waals surface area contributed by atoms with Crippen LogP contribution in [-0.2, 0) is 0 Å². The van der Waals surface area contributed by atoms with E-state index < -0.39 is 0 Å². The molecule has 0 heterocycles. The summed E-state index contributed by atoms with van der Waals surface area (Å²) in [6, 6.07) is 3.19. The van der Waals surface area contributed by atoms with Crippen molar-refractivity contribution in [2.45, 2.75) is 26.7 Å². The van der Waals surface area contributed by atoms with Crippen molar-refractivity contribution in [1.29, 1.82) is 0 Å². The highest BCUT2D eigenvalue weighted by molar-refractivity contribution is 6.36. The lowest BCUT2D eigenvalue weighted by Crippen LogP contribution is -2.04. The largest absolute Gasteiger partial charge is 0.492 e. The highest BCUT2D eigenvalue weighted by Gasteiger charge is 2.16. The molecule has 0 aliphatic carbocycles. The van der Waals surface area contributed by atoms with Crippen molar-refractivity contribution in [3.63, 3.8) is 0 Å². The molecule has 0 atom stereocenters. The average molecular weight is 261 g/mol. The van der Waals surface area contributed by atoms with Gasteiger partial charge in [0, 0.05) is 11.4 Å². The molecule has 0 aliphatic rings. The van der Waals surface area contributed by atoms with Crippen LogP contribution in [-0.4, -0.2) is 12.4 Å². The van der Waals surface area contributed by atoms with E-state index in [2.05, 4.69) is 0 Å². The number of ketones is 1. The summed E-state index contributed by atoms with van der Waals surface area (Å²) in [5, 5.41) is 0.835. The van der Waals surface area contributed by atoms with E-state index in [0.29, 0.717) is 34.4 Å². The molecule has 16 heavy (non-hydrogen) atoms. The Bertz CT molecular complexity index is 389. The minimum atomic E-state index is 0.00958. The molecule has 0 saturated carbocycles. The molecule has 0 amide bonds. The molecule has 88 valence electrons. The van der Waals surface area contributed by atoms with Crippen LogP contribution in [0.3, 0.4) is 0 Å². The fourth-order valence-electron chi connectivity index (χ4n) is 1.42. The molecule has 1 aromatic carbocycles. The maximum absolute atomic E-state index is 11.8. The minimum Gasteiger partial charge on any atom is -0.492 e. The third kappa shape index (κ3) is 3.13. The molecular formula is C12H14Cl2O2. The average Bonchev–Trinajstić information content (AvgIpc) is 2.22. The van der Waals surface area contributed by atoms with Crippen molar-refractivity contribution in [2.75, 3.05) is 6.61 Å². The van der Waals surface area contributed by atoms with Gasteiger partial charge in [0.25, 0.3) is 0 Å². The predicted molar refractivity (Wildman–Crippen MR) is 66.9 cm³/mol. The number of carbonyl (C=O) groups excluding carboxylic acids is 1. The van der Waals surface area contributed by atoms with E-state index >= 15 is 0 Å². The fraction of sp³-hybridized carbons (Fsp3) is 0.417. The van der Waals surface area contributed by atoms with Gasteiger partial charge in [-0.25, -0.2) is 0 Å². The first-order valence-electron chi connectivity index (χ1n) is 5.25. The highest BCUT2D eigenvalue weighted by Crippen LogP contribution is 2.33.